The van der Waals surface area contributed by atoms with Crippen LogP contribution in [0.15, 0.2) is 30.5 Å². The molecule has 5 nitrogen and oxygen atoms in total. The molecule has 0 unspecified atom stereocenters. The summed E-state index contributed by atoms with van der Waals surface area (Å²) in [6.45, 7) is 2.38. The predicted molar refractivity (Wildman–Crippen MR) is 87.8 cm³/mol. The number of hydrogen-bond donors (Lipinski definition) is 1. The van der Waals surface area contributed by atoms with Crippen molar-refractivity contribution in [2.75, 3.05) is 0 Å². The van der Waals surface area contributed by atoms with E-state index in [1.807, 2.05) is 0 Å². The standard InChI is InChI=1S/C17H12F5N5/c1-8-5-10(6-9-7-23-26-13(8)9)27-14-11(24-15(27)16(2,18)19)3-4-12(25-14)17(20,21)22/h3-7H,1-2H3,(H,23,26). The molecule has 3 aromatic heterocycles. The third kappa shape index (κ3) is 2.81. The minimum Gasteiger partial charge on any atom is -0.278 e. The summed E-state index contributed by atoms with van der Waals surface area (Å²) in [5.41, 5.74) is 0.111. The van der Waals surface area contributed by atoms with Crippen LogP contribution in [0.4, 0.5) is 22.0 Å². The van der Waals surface area contributed by atoms with Gasteiger partial charge in [-0.1, -0.05) is 0 Å². The molecular formula is C17H12F5N5. The van der Waals surface area contributed by atoms with Crippen molar-refractivity contribution >= 4 is 22.1 Å². The number of halogens is 5. The fraction of sp³-hybridized carbons (Fsp3) is 0.235. The van der Waals surface area contributed by atoms with Crippen molar-refractivity contribution in [2.45, 2.75) is 25.9 Å². The predicted octanol–water partition coefficient (Wildman–Crippen LogP) is 4.74. The number of fused-ring (bicyclic) bond motifs is 2. The van der Waals surface area contributed by atoms with Gasteiger partial charge in [-0.05, 0) is 36.8 Å². The first kappa shape index (κ1) is 17.4. The van der Waals surface area contributed by atoms with Gasteiger partial charge in [0.15, 0.2) is 11.5 Å². The van der Waals surface area contributed by atoms with E-state index in [1.54, 1.807) is 19.1 Å². The van der Waals surface area contributed by atoms with Gasteiger partial charge in [-0.2, -0.15) is 27.1 Å². The van der Waals surface area contributed by atoms with Gasteiger partial charge in [0, 0.05) is 12.3 Å². The zero-order valence-corrected chi connectivity index (χ0v) is 14.1. The lowest BCUT2D eigenvalue weighted by atomic mass is 10.1. The van der Waals surface area contributed by atoms with Crippen molar-refractivity contribution < 1.29 is 22.0 Å². The summed E-state index contributed by atoms with van der Waals surface area (Å²) in [6, 6.07) is 4.88. The van der Waals surface area contributed by atoms with Gasteiger partial charge in [-0.25, -0.2) is 9.97 Å². The van der Waals surface area contributed by atoms with Crippen LogP contribution in [-0.2, 0) is 12.1 Å². The summed E-state index contributed by atoms with van der Waals surface area (Å²) >= 11 is 0. The van der Waals surface area contributed by atoms with Crippen LogP contribution >= 0.6 is 0 Å². The minimum atomic E-state index is -4.71. The largest absolute Gasteiger partial charge is 0.433 e. The van der Waals surface area contributed by atoms with Gasteiger partial charge >= 0.3 is 12.1 Å². The van der Waals surface area contributed by atoms with Gasteiger partial charge in [0.2, 0.25) is 0 Å². The number of H-pyrrole nitrogens is 1. The van der Waals surface area contributed by atoms with Crippen molar-refractivity contribution in [3.05, 3.63) is 47.5 Å². The fourth-order valence-corrected chi connectivity index (χ4v) is 3.00. The number of nitrogens with one attached hydrogen (secondary N) is 1. The first-order chi connectivity index (χ1) is 12.6. The Kier molecular flexibility index (Phi) is 3.53. The highest BCUT2D eigenvalue weighted by Crippen LogP contribution is 2.35. The maximum absolute atomic E-state index is 14.2. The molecule has 0 fully saturated rings. The van der Waals surface area contributed by atoms with Crippen LogP contribution in [0.3, 0.4) is 0 Å². The van der Waals surface area contributed by atoms with Crippen molar-refractivity contribution in [1.82, 2.24) is 24.7 Å². The molecule has 0 saturated heterocycles. The quantitative estimate of drug-likeness (QED) is 0.511. The highest BCUT2D eigenvalue weighted by Gasteiger charge is 2.36. The summed E-state index contributed by atoms with van der Waals surface area (Å²) in [6.07, 6.45) is -3.20. The molecule has 10 heteroatoms. The number of aromatic nitrogens is 5. The van der Waals surface area contributed by atoms with Gasteiger partial charge in [0.1, 0.15) is 11.2 Å². The first-order valence-corrected chi connectivity index (χ1v) is 7.85. The van der Waals surface area contributed by atoms with Crippen LogP contribution in [0.1, 0.15) is 24.0 Å². The molecule has 0 atom stereocenters. The lowest BCUT2D eigenvalue weighted by Crippen LogP contribution is -2.16. The number of nitrogens with zero attached hydrogens (tertiary/aromatic N) is 4. The van der Waals surface area contributed by atoms with Gasteiger partial charge in [-0.3, -0.25) is 9.67 Å². The van der Waals surface area contributed by atoms with Crippen LogP contribution in [0.25, 0.3) is 27.8 Å². The molecule has 4 aromatic rings. The Morgan fingerprint density at radius 1 is 1.04 bits per heavy atom. The van der Waals surface area contributed by atoms with Crippen LogP contribution in [0.5, 0.6) is 0 Å². The summed E-state index contributed by atoms with van der Waals surface area (Å²) in [5, 5.41) is 7.31. The molecule has 0 aliphatic carbocycles. The van der Waals surface area contributed by atoms with E-state index in [0.717, 1.165) is 16.7 Å². The topological polar surface area (TPSA) is 59.4 Å². The van der Waals surface area contributed by atoms with E-state index in [-0.39, 0.29) is 16.9 Å². The third-order valence-corrected chi connectivity index (χ3v) is 4.18. The van der Waals surface area contributed by atoms with E-state index in [2.05, 4.69) is 20.2 Å². The molecule has 0 bridgehead atoms. The molecule has 0 amide bonds. The highest BCUT2D eigenvalue weighted by atomic mass is 19.4. The first-order valence-electron chi connectivity index (χ1n) is 7.85. The second-order valence-corrected chi connectivity index (χ2v) is 6.29. The molecule has 3 heterocycles. The minimum absolute atomic E-state index is 0.0514. The van der Waals surface area contributed by atoms with E-state index in [9.17, 15) is 22.0 Å². The number of hydrogen-bond acceptors (Lipinski definition) is 3. The molecule has 140 valence electrons. The van der Waals surface area contributed by atoms with Crippen molar-refractivity contribution in [2.24, 2.45) is 0 Å². The van der Waals surface area contributed by atoms with Crippen molar-refractivity contribution in [3.8, 4) is 5.69 Å². The number of benzene rings is 1. The summed E-state index contributed by atoms with van der Waals surface area (Å²) in [5.74, 6) is -4.08. The molecule has 0 aliphatic heterocycles. The van der Waals surface area contributed by atoms with Crippen LogP contribution in [0.2, 0.25) is 0 Å². The Morgan fingerprint density at radius 3 is 2.44 bits per heavy atom. The number of aromatic amines is 1. The van der Waals surface area contributed by atoms with Crippen LogP contribution in [0, 0.1) is 6.92 Å². The average Bonchev–Trinajstić information content (AvgIpc) is 3.17. The third-order valence-electron chi connectivity index (χ3n) is 4.18. The maximum atomic E-state index is 14.2. The van der Waals surface area contributed by atoms with Gasteiger partial charge in [-0.15, -0.1) is 0 Å². The number of aryl methyl sites for hydroxylation is 1. The molecule has 0 spiro atoms. The average molecular weight is 381 g/mol. The molecule has 0 radical (unpaired) electrons. The van der Waals surface area contributed by atoms with Crippen LogP contribution < -0.4 is 0 Å². The molecule has 1 aromatic carbocycles. The van der Waals surface area contributed by atoms with Crippen molar-refractivity contribution in [1.29, 1.82) is 0 Å². The van der Waals surface area contributed by atoms with E-state index in [1.165, 1.54) is 6.20 Å². The fourth-order valence-electron chi connectivity index (χ4n) is 3.00. The number of rotatable bonds is 2. The number of alkyl halides is 5. The van der Waals surface area contributed by atoms with E-state index in [4.69, 9.17) is 0 Å². The van der Waals surface area contributed by atoms with E-state index < -0.39 is 23.6 Å². The second kappa shape index (κ2) is 5.48. The van der Waals surface area contributed by atoms with Gasteiger partial charge < -0.3 is 0 Å². The molecule has 4 rings (SSSR count). The lowest BCUT2D eigenvalue weighted by Gasteiger charge is -2.15. The summed E-state index contributed by atoms with van der Waals surface area (Å²) in [4.78, 5) is 7.41. The Bertz CT molecular complexity index is 1170. The Labute approximate surface area is 148 Å². The SMILES string of the molecule is Cc1cc(-n2c(C(C)(F)F)nc3ccc(C(F)(F)F)nc32)cc2cn[nH]c12. The number of imidazole rings is 1. The Balaban J connectivity index is 2.09. The van der Waals surface area contributed by atoms with Gasteiger partial charge in [0.05, 0.1) is 17.4 Å². The monoisotopic (exact) mass is 381 g/mol. The molecule has 0 saturated carbocycles. The second-order valence-electron chi connectivity index (χ2n) is 6.29. The zero-order chi connectivity index (χ0) is 19.6. The van der Waals surface area contributed by atoms with E-state index in [0.29, 0.717) is 23.4 Å². The smallest absolute Gasteiger partial charge is 0.278 e. The highest BCUT2D eigenvalue weighted by molar-refractivity contribution is 5.85. The van der Waals surface area contributed by atoms with Crippen molar-refractivity contribution in [3.63, 3.8) is 0 Å². The Hall–Kier alpha value is -3.04. The molecule has 1 N–H and O–H groups in total. The maximum Gasteiger partial charge on any atom is 0.433 e. The van der Waals surface area contributed by atoms with Gasteiger partial charge in [0.25, 0.3) is 0 Å². The molecule has 27 heavy (non-hydrogen) atoms. The number of pyridine rings is 1. The normalized spacial score (nSPS) is 13.0. The molecular weight excluding hydrogens is 369 g/mol. The van der Waals surface area contributed by atoms with Crippen LogP contribution in [-0.4, -0.2) is 24.7 Å². The Morgan fingerprint density at radius 2 is 1.78 bits per heavy atom. The summed E-state index contributed by atoms with van der Waals surface area (Å²) in [7, 11) is 0. The summed E-state index contributed by atoms with van der Waals surface area (Å²) < 4.78 is 68.5. The lowest BCUT2D eigenvalue weighted by molar-refractivity contribution is -0.141. The zero-order valence-electron chi connectivity index (χ0n) is 14.1. The van der Waals surface area contributed by atoms with E-state index >= 15 is 0 Å². The molecule has 0 aliphatic rings.